The van der Waals surface area contributed by atoms with Gasteiger partial charge in [-0.1, -0.05) is 55.3 Å². The zero-order valence-electron chi connectivity index (χ0n) is 15.8. The lowest BCUT2D eigenvalue weighted by atomic mass is 9.99. The number of rotatable bonds is 5. The monoisotopic (exact) mass is 375 g/mol. The number of benzene rings is 2. The van der Waals surface area contributed by atoms with Crippen LogP contribution in [-0.4, -0.2) is 25.4 Å². The van der Waals surface area contributed by atoms with E-state index in [9.17, 15) is 14.7 Å². The first kappa shape index (κ1) is 19.2. The highest BCUT2D eigenvalue weighted by Crippen LogP contribution is 2.24. The number of aryl methyl sites for hydroxylation is 1. The molecule has 1 heterocycles. The molecule has 2 aromatic carbocycles. The quantitative estimate of drug-likeness (QED) is 0.695. The van der Waals surface area contributed by atoms with Crippen molar-refractivity contribution in [3.8, 4) is 23.0 Å². The molecule has 1 N–H and O–H groups in total. The second-order valence-electron chi connectivity index (χ2n) is 6.21. The van der Waals surface area contributed by atoms with E-state index < -0.39 is 5.97 Å². The molecule has 28 heavy (non-hydrogen) atoms. The lowest BCUT2D eigenvalue weighted by Crippen LogP contribution is -2.25. The van der Waals surface area contributed by atoms with E-state index >= 15 is 0 Å². The van der Waals surface area contributed by atoms with Crippen molar-refractivity contribution in [3.05, 3.63) is 76.0 Å². The van der Waals surface area contributed by atoms with Gasteiger partial charge in [0, 0.05) is 13.0 Å². The number of carboxylic acids is 1. The molecule has 0 amide bonds. The molecule has 0 bridgehead atoms. The molecule has 142 valence electrons. The van der Waals surface area contributed by atoms with Gasteiger partial charge in [0.2, 0.25) is 5.82 Å². The number of hydrogen-bond donors (Lipinski definition) is 1. The largest absolute Gasteiger partial charge is 0.478 e. The van der Waals surface area contributed by atoms with Crippen molar-refractivity contribution >= 4 is 5.97 Å². The van der Waals surface area contributed by atoms with Gasteiger partial charge in [0.05, 0.1) is 12.1 Å². The van der Waals surface area contributed by atoms with Crippen LogP contribution < -0.4 is 5.69 Å². The standard InChI is InChI=1S/C22H21N3O3/c1-3-5-10-20-23-25(4-2)22(28)24(20)15-16-11-13-17(14-12-16)18-8-6-7-9-19(18)21(26)27/h6-9,11-14H,3-4,15H2,1-2H3,(H,26,27). The molecule has 0 aliphatic heterocycles. The molecule has 0 fully saturated rings. The number of carbonyl (C=O) groups is 1. The maximum Gasteiger partial charge on any atom is 0.347 e. The maximum absolute atomic E-state index is 12.5. The highest BCUT2D eigenvalue weighted by molar-refractivity contribution is 5.95. The predicted molar refractivity (Wildman–Crippen MR) is 107 cm³/mol. The summed E-state index contributed by atoms with van der Waals surface area (Å²) in [7, 11) is 0. The third-order valence-corrected chi connectivity index (χ3v) is 4.36. The highest BCUT2D eigenvalue weighted by Gasteiger charge is 2.13. The van der Waals surface area contributed by atoms with E-state index in [1.54, 1.807) is 22.8 Å². The number of aromatic carboxylic acids is 1. The Hall–Kier alpha value is -3.59. The Morgan fingerprint density at radius 1 is 1.11 bits per heavy atom. The van der Waals surface area contributed by atoms with E-state index in [1.807, 2.05) is 44.2 Å². The lowest BCUT2D eigenvalue weighted by molar-refractivity contribution is 0.0697. The summed E-state index contributed by atoms with van der Waals surface area (Å²) in [5.74, 6) is 5.41. The van der Waals surface area contributed by atoms with Crippen LogP contribution in [0.3, 0.4) is 0 Å². The lowest BCUT2D eigenvalue weighted by Gasteiger charge is -2.08. The Morgan fingerprint density at radius 3 is 2.46 bits per heavy atom. The Morgan fingerprint density at radius 2 is 1.82 bits per heavy atom. The third kappa shape index (κ3) is 3.89. The predicted octanol–water partition coefficient (Wildman–Crippen LogP) is 3.24. The normalized spacial score (nSPS) is 10.4. The highest BCUT2D eigenvalue weighted by atomic mass is 16.4. The summed E-state index contributed by atoms with van der Waals surface area (Å²) in [6.07, 6.45) is 0.685. The summed E-state index contributed by atoms with van der Waals surface area (Å²) >= 11 is 0. The van der Waals surface area contributed by atoms with Gasteiger partial charge in [-0.2, -0.15) is 0 Å². The molecule has 0 radical (unpaired) electrons. The van der Waals surface area contributed by atoms with Crippen molar-refractivity contribution in [2.24, 2.45) is 0 Å². The second kappa shape index (κ2) is 8.40. The third-order valence-electron chi connectivity index (χ3n) is 4.36. The Kier molecular flexibility index (Phi) is 5.75. The van der Waals surface area contributed by atoms with Gasteiger partial charge in [-0.3, -0.25) is 4.57 Å². The average molecular weight is 375 g/mol. The summed E-state index contributed by atoms with van der Waals surface area (Å²) in [4.78, 5) is 24.0. The van der Waals surface area contributed by atoms with Crippen molar-refractivity contribution in [2.75, 3.05) is 0 Å². The summed E-state index contributed by atoms with van der Waals surface area (Å²) in [5.41, 5.74) is 2.45. The molecule has 0 saturated carbocycles. The Bertz CT molecular complexity index is 1110. The van der Waals surface area contributed by atoms with Gasteiger partial charge in [0.15, 0.2) is 0 Å². The average Bonchev–Trinajstić information content (AvgIpc) is 3.01. The van der Waals surface area contributed by atoms with Gasteiger partial charge in [0.25, 0.3) is 0 Å². The van der Waals surface area contributed by atoms with Crippen molar-refractivity contribution < 1.29 is 9.90 Å². The number of nitrogens with zero attached hydrogens (tertiary/aromatic N) is 3. The van der Waals surface area contributed by atoms with Gasteiger partial charge in [-0.05, 0) is 35.6 Å². The minimum Gasteiger partial charge on any atom is -0.478 e. The number of hydrogen-bond acceptors (Lipinski definition) is 3. The van der Waals surface area contributed by atoms with E-state index in [0.717, 1.165) is 11.1 Å². The first-order chi connectivity index (χ1) is 13.5. The molecule has 0 aliphatic carbocycles. The van der Waals surface area contributed by atoms with Crippen molar-refractivity contribution in [3.63, 3.8) is 0 Å². The van der Waals surface area contributed by atoms with Crippen LogP contribution >= 0.6 is 0 Å². The van der Waals surface area contributed by atoms with Gasteiger partial charge in [-0.25, -0.2) is 14.3 Å². The Labute approximate surface area is 163 Å². The number of carboxylic acid groups (broad SMARTS) is 1. The molecular formula is C22H21N3O3. The van der Waals surface area contributed by atoms with Crippen LogP contribution in [0.5, 0.6) is 0 Å². The molecule has 0 saturated heterocycles. The minimum absolute atomic E-state index is 0.191. The van der Waals surface area contributed by atoms with E-state index in [2.05, 4.69) is 16.9 Å². The van der Waals surface area contributed by atoms with Crippen molar-refractivity contribution in [2.45, 2.75) is 33.4 Å². The molecular weight excluding hydrogens is 354 g/mol. The topological polar surface area (TPSA) is 77.1 Å². The van der Waals surface area contributed by atoms with Crippen LogP contribution in [0.25, 0.3) is 11.1 Å². The maximum atomic E-state index is 12.5. The van der Waals surface area contributed by atoms with Gasteiger partial charge < -0.3 is 5.11 Å². The zero-order chi connectivity index (χ0) is 20.1. The van der Waals surface area contributed by atoms with Crippen molar-refractivity contribution in [1.82, 2.24) is 14.3 Å². The molecule has 0 unspecified atom stereocenters. The van der Waals surface area contributed by atoms with Crippen LogP contribution in [-0.2, 0) is 13.1 Å². The molecule has 3 aromatic rings. The fraction of sp³-hybridized carbons (Fsp3) is 0.227. The summed E-state index contributed by atoms with van der Waals surface area (Å²) in [6.45, 7) is 4.65. The second-order valence-corrected chi connectivity index (χ2v) is 6.21. The molecule has 3 rings (SSSR count). The Balaban J connectivity index is 1.93. The van der Waals surface area contributed by atoms with E-state index in [-0.39, 0.29) is 11.3 Å². The first-order valence-corrected chi connectivity index (χ1v) is 9.13. The van der Waals surface area contributed by atoms with Crippen LogP contribution in [0.1, 0.15) is 42.0 Å². The van der Waals surface area contributed by atoms with Gasteiger partial charge in [0.1, 0.15) is 0 Å². The summed E-state index contributed by atoms with van der Waals surface area (Å²) in [5, 5.41) is 13.7. The molecule has 0 spiro atoms. The minimum atomic E-state index is -0.961. The molecule has 1 aromatic heterocycles. The van der Waals surface area contributed by atoms with Crippen molar-refractivity contribution in [1.29, 1.82) is 0 Å². The smallest absolute Gasteiger partial charge is 0.347 e. The van der Waals surface area contributed by atoms with E-state index in [4.69, 9.17) is 0 Å². The molecule has 6 heteroatoms. The van der Waals surface area contributed by atoms with E-state index in [1.165, 1.54) is 4.68 Å². The van der Waals surface area contributed by atoms with Gasteiger partial charge >= 0.3 is 11.7 Å². The van der Waals surface area contributed by atoms with E-state index in [0.29, 0.717) is 30.9 Å². The SMILES string of the molecule is CCC#Cc1nn(CC)c(=O)n1Cc1ccc(-c2ccccc2C(=O)O)cc1. The van der Waals surface area contributed by atoms with Crippen LogP contribution in [0.15, 0.2) is 53.3 Å². The summed E-state index contributed by atoms with van der Waals surface area (Å²) in [6, 6.07) is 14.4. The number of aromatic nitrogens is 3. The molecule has 0 aliphatic rings. The molecule has 0 atom stereocenters. The summed E-state index contributed by atoms with van der Waals surface area (Å²) < 4.78 is 2.96. The van der Waals surface area contributed by atoms with Gasteiger partial charge in [-0.15, -0.1) is 5.10 Å². The molecule has 6 nitrogen and oxygen atoms in total. The first-order valence-electron chi connectivity index (χ1n) is 9.13. The van der Waals surface area contributed by atoms with Crippen LogP contribution in [0.4, 0.5) is 0 Å². The van der Waals surface area contributed by atoms with Crippen LogP contribution in [0, 0.1) is 11.8 Å². The zero-order valence-corrected chi connectivity index (χ0v) is 15.8. The fourth-order valence-corrected chi connectivity index (χ4v) is 2.94. The fourth-order valence-electron chi connectivity index (χ4n) is 2.94. The van der Waals surface area contributed by atoms with Crippen LogP contribution in [0.2, 0.25) is 0 Å².